The maximum atomic E-state index is 6.43. The molecular weight excluding hydrogens is 597 g/mol. The molecule has 2 heteroatoms. The number of fused-ring (bicyclic) bond motifs is 10. The lowest BCUT2D eigenvalue weighted by Crippen LogP contribution is -2.15. The van der Waals surface area contributed by atoms with E-state index < -0.39 is 0 Å². The molecule has 0 saturated heterocycles. The van der Waals surface area contributed by atoms with Crippen LogP contribution in [0.1, 0.15) is 25.0 Å². The van der Waals surface area contributed by atoms with Gasteiger partial charge in [-0.05, 0) is 115 Å². The molecule has 0 N–H and O–H groups in total. The Balaban J connectivity index is 1.11. The van der Waals surface area contributed by atoms with Gasteiger partial charge in [-0.1, -0.05) is 111 Å². The van der Waals surface area contributed by atoms with E-state index in [0.29, 0.717) is 0 Å². The Bertz CT molecular complexity index is 2880. The van der Waals surface area contributed by atoms with E-state index in [1.807, 2.05) is 12.1 Å². The van der Waals surface area contributed by atoms with Gasteiger partial charge >= 0.3 is 0 Å². The lowest BCUT2D eigenvalue weighted by Gasteiger charge is -2.25. The first-order chi connectivity index (χ1) is 24.0. The van der Waals surface area contributed by atoms with Gasteiger partial charge in [0.05, 0.1) is 0 Å². The average molecular weight is 627 g/mol. The van der Waals surface area contributed by atoms with Gasteiger partial charge in [0.25, 0.3) is 0 Å². The fourth-order valence-corrected chi connectivity index (χ4v) is 8.73. The molecule has 2 nitrogen and oxygen atoms in total. The summed E-state index contributed by atoms with van der Waals surface area (Å²) < 4.78 is 12.6. The molecule has 49 heavy (non-hydrogen) atoms. The minimum absolute atomic E-state index is 0.204. The largest absolute Gasteiger partial charge is 0.456 e. The van der Waals surface area contributed by atoms with Crippen LogP contribution in [-0.2, 0) is 5.41 Å². The zero-order valence-electron chi connectivity index (χ0n) is 27.2. The van der Waals surface area contributed by atoms with Crippen molar-refractivity contribution >= 4 is 43.5 Å². The Hall–Kier alpha value is -6.12. The molecule has 0 fully saturated rings. The number of hydrogen-bond donors (Lipinski definition) is 0. The highest BCUT2D eigenvalue weighted by molar-refractivity contribution is 6.10. The van der Waals surface area contributed by atoms with Crippen LogP contribution in [0.3, 0.4) is 0 Å². The van der Waals surface area contributed by atoms with Crippen molar-refractivity contribution in [3.63, 3.8) is 0 Å². The Kier molecular flexibility index (Phi) is 5.21. The summed E-state index contributed by atoms with van der Waals surface area (Å²) in [6, 6.07) is 52.8. The van der Waals surface area contributed by atoms with Crippen LogP contribution in [0.25, 0.3) is 88.0 Å². The van der Waals surface area contributed by atoms with Gasteiger partial charge in [-0.3, -0.25) is 0 Å². The number of rotatable bonds is 2. The smallest absolute Gasteiger partial charge is 0.135 e. The van der Waals surface area contributed by atoms with Gasteiger partial charge in [-0.15, -0.1) is 0 Å². The normalized spacial score (nSPS) is 13.8. The molecule has 1 aliphatic heterocycles. The van der Waals surface area contributed by atoms with E-state index in [0.717, 1.165) is 39.0 Å². The standard InChI is InChI=1S/C47H30O2/c1-47(2)39-26-29(28-18-21-42-38(23-28)34-14-7-10-27-11-8-16-43(49-42)44(27)34)17-20-35(39)45-36(24-30-9-3-4-12-32(30)46(45)47)31-19-22-41-37(25-31)33-13-5-6-15-40(33)48-41/h3-26H,1-2H3. The molecule has 0 spiro atoms. The predicted octanol–water partition coefficient (Wildman–Crippen LogP) is 13.3. The summed E-state index contributed by atoms with van der Waals surface area (Å²) in [5.74, 6) is 1.83. The third kappa shape index (κ3) is 3.66. The van der Waals surface area contributed by atoms with Crippen molar-refractivity contribution in [2.45, 2.75) is 19.3 Å². The molecule has 11 rings (SSSR count). The molecule has 0 unspecified atom stereocenters. The van der Waals surface area contributed by atoms with E-state index in [1.165, 1.54) is 71.6 Å². The number of para-hydroxylation sites is 1. The summed E-state index contributed by atoms with van der Waals surface area (Å²) in [5, 5.41) is 7.26. The van der Waals surface area contributed by atoms with Crippen molar-refractivity contribution < 1.29 is 9.15 Å². The molecule has 2 heterocycles. The first-order valence-electron chi connectivity index (χ1n) is 17.0. The molecular formula is C47H30O2. The second-order valence-electron chi connectivity index (χ2n) is 14.1. The second-order valence-corrected chi connectivity index (χ2v) is 14.1. The third-order valence-electron chi connectivity index (χ3n) is 11.0. The fourth-order valence-electron chi connectivity index (χ4n) is 8.73. The molecule has 0 atom stereocenters. The Morgan fingerprint density at radius 2 is 1.18 bits per heavy atom. The molecule has 1 aliphatic carbocycles. The second kappa shape index (κ2) is 9.49. The van der Waals surface area contributed by atoms with Crippen LogP contribution in [0.2, 0.25) is 0 Å². The number of benzene rings is 8. The summed E-state index contributed by atoms with van der Waals surface area (Å²) in [6.07, 6.45) is 0. The minimum Gasteiger partial charge on any atom is -0.456 e. The van der Waals surface area contributed by atoms with E-state index in [4.69, 9.17) is 9.15 Å². The highest BCUT2D eigenvalue weighted by Gasteiger charge is 2.39. The molecule has 0 saturated carbocycles. The Morgan fingerprint density at radius 3 is 2.10 bits per heavy atom. The highest BCUT2D eigenvalue weighted by atomic mass is 16.5. The van der Waals surface area contributed by atoms with Crippen LogP contribution in [0, 0.1) is 0 Å². The number of furan rings is 1. The van der Waals surface area contributed by atoms with E-state index in [2.05, 4.69) is 147 Å². The summed E-state index contributed by atoms with van der Waals surface area (Å²) in [6.45, 7) is 4.78. The van der Waals surface area contributed by atoms with Crippen LogP contribution < -0.4 is 4.74 Å². The lowest BCUT2D eigenvalue weighted by atomic mass is 9.78. The zero-order valence-corrected chi connectivity index (χ0v) is 27.2. The highest BCUT2D eigenvalue weighted by Crippen LogP contribution is 2.56. The van der Waals surface area contributed by atoms with Crippen molar-refractivity contribution in [2.75, 3.05) is 0 Å². The molecule has 0 amide bonds. The van der Waals surface area contributed by atoms with Crippen molar-refractivity contribution in [3.05, 3.63) is 157 Å². The average Bonchev–Trinajstić information content (AvgIpc) is 3.63. The summed E-state index contributed by atoms with van der Waals surface area (Å²) >= 11 is 0. The molecule has 2 aliphatic rings. The monoisotopic (exact) mass is 626 g/mol. The Morgan fingerprint density at radius 1 is 0.449 bits per heavy atom. The van der Waals surface area contributed by atoms with Crippen molar-refractivity contribution in [1.29, 1.82) is 0 Å². The SMILES string of the molecule is CC1(C)c2cc(-c3ccc4c(c3)-c3cccc5cccc(c35)O4)ccc2-c2c(-c3ccc4oc5ccccc5c4c3)cc3ccccc3c21. The minimum atomic E-state index is -0.204. The van der Waals surface area contributed by atoms with E-state index >= 15 is 0 Å². The topological polar surface area (TPSA) is 22.4 Å². The predicted molar refractivity (Wildman–Crippen MR) is 203 cm³/mol. The van der Waals surface area contributed by atoms with Gasteiger partial charge < -0.3 is 9.15 Å². The zero-order chi connectivity index (χ0) is 32.4. The van der Waals surface area contributed by atoms with Crippen LogP contribution >= 0.6 is 0 Å². The van der Waals surface area contributed by atoms with Crippen molar-refractivity contribution in [3.8, 4) is 56.0 Å². The van der Waals surface area contributed by atoms with Crippen LogP contribution in [0.4, 0.5) is 0 Å². The number of hydrogen-bond acceptors (Lipinski definition) is 2. The van der Waals surface area contributed by atoms with Gasteiger partial charge in [-0.25, -0.2) is 0 Å². The van der Waals surface area contributed by atoms with Gasteiger partial charge in [0.15, 0.2) is 0 Å². The van der Waals surface area contributed by atoms with Crippen molar-refractivity contribution in [2.24, 2.45) is 0 Å². The molecule has 0 bridgehead atoms. The first kappa shape index (κ1) is 26.9. The number of ether oxygens (including phenoxy) is 1. The third-order valence-corrected chi connectivity index (χ3v) is 11.0. The Labute approximate surface area is 283 Å². The van der Waals surface area contributed by atoms with Crippen LogP contribution in [0.5, 0.6) is 11.5 Å². The van der Waals surface area contributed by atoms with Crippen LogP contribution in [0.15, 0.2) is 150 Å². The molecule has 1 aromatic heterocycles. The lowest BCUT2D eigenvalue weighted by molar-refractivity contribution is 0.487. The first-order valence-corrected chi connectivity index (χ1v) is 17.0. The van der Waals surface area contributed by atoms with Crippen molar-refractivity contribution in [1.82, 2.24) is 0 Å². The summed E-state index contributed by atoms with van der Waals surface area (Å²) in [7, 11) is 0. The fraction of sp³-hybridized carbons (Fsp3) is 0.0638. The summed E-state index contributed by atoms with van der Waals surface area (Å²) in [4.78, 5) is 0. The van der Waals surface area contributed by atoms with Gasteiger partial charge in [0.1, 0.15) is 22.7 Å². The maximum absolute atomic E-state index is 6.43. The molecule has 8 aromatic carbocycles. The van der Waals surface area contributed by atoms with Gasteiger partial charge in [-0.2, -0.15) is 0 Å². The molecule has 9 aromatic rings. The molecule has 0 radical (unpaired) electrons. The molecule has 230 valence electrons. The van der Waals surface area contributed by atoms with E-state index in [-0.39, 0.29) is 5.41 Å². The maximum Gasteiger partial charge on any atom is 0.135 e. The quantitative estimate of drug-likeness (QED) is 0.190. The van der Waals surface area contributed by atoms with E-state index in [9.17, 15) is 0 Å². The van der Waals surface area contributed by atoms with Gasteiger partial charge in [0.2, 0.25) is 0 Å². The van der Waals surface area contributed by atoms with Crippen LogP contribution in [-0.4, -0.2) is 0 Å². The summed E-state index contributed by atoms with van der Waals surface area (Å²) in [5.41, 5.74) is 14.3. The van der Waals surface area contributed by atoms with E-state index in [1.54, 1.807) is 0 Å². The van der Waals surface area contributed by atoms with Gasteiger partial charge in [0, 0.05) is 27.1 Å².